The van der Waals surface area contributed by atoms with Crippen LogP contribution in [0.25, 0.3) is 0 Å². The van der Waals surface area contributed by atoms with Crippen LogP contribution < -0.4 is 5.73 Å². The van der Waals surface area contributed by atoms with Gasteiger partial charge in [0, 0.05) is 29.2 Å². The molecule has 0 aliphatic rings. The Morgan fingerprint density at radius 3 is 2.29 bits per heavy atom. The predicted octanol–water partition coefficient (Wildman–Crippen LogP) is 4.33. The van der Waals surface area contributed by atoms with Gasteiger partial charge >= 0.3 is 0 Å². The molecule has 3 heteroatoms. The van der Waals surface area contributed by atoms with E-state index in [-0.39, 0.29) is 5.41 Å². The van der Waals surface area contributed by atoms with Crippen molar-refractivity contribution < 1.29 is 0 Å². The number of hydrogen-bond acceptors (Lipinski definition) is 2. The molecule has 0 saturated carbocycles. The Labute approximate surface area is 132 Å². The van der Waals surface area contributed by atoms with Crippen LogP contribution in [0.5, 0.6) is 0 Å². The van der Waals surface area contributed by atoms with Crippen LogP contribution in [0.1, 0.15) is 25.0 Å². The number of halogens is 1. The molecule has 0 spiro atoms. The van der Waals surface area contributed by atoms with Gasteiger partial charge in [0.05, 0.1) is 0 Å². The largest absolute Gasteiger partial charge is 0.399 e. The van der Waals surface area contributed by atoms with Gasteiger partial charge in [-0.2, -0.15) is 0 Å². The second-order valence-corrected chi connectivity index (χ2v) is 6.68. The van der Waals surface area contributed by atoms with Crippen molar-refractivity contribution >= 4 is 17.3 Å². The summed E-state index contributed by atoms with van der Waals surface area (Å²) in [5.74, 6) is 0. The molecule has 0 aliphatic heterocycles. The molecule has 112 valence electrons. The van der Waals surface area contributed by atoms with Gasteiger partial charge in [0.15, 0.2) is 0 Å². The van der Waals surface area contributed by atoms with Crippen molar-refractivity contribution in [2.24, 2.45) is 0 Å². The third kappa shape index (κ3) is 4.23. The van der Waals surface area contributed by atoms with Gasteiger partial charge in [-0.3, -0.25) is 0 Å². The lowest BCUT2D eigenvalue weighted by molar-refractivity contribution is 0.261. The van der Waals surface area contributed by atoms with Gasteiger partial charge in [0.2, 0.25) is 0 Å². The quantitative estimate of drug-likeness (QED) is 0.833. The van der Waals surface area contributed by atoms with Crippen LogP contribution in [-0.2, 0) is 12.0 Å². The summed E-state index contributed by atoms with van der Waals surface area (Å²) in [4.78, 5) is 2.30. The lowest BCUT2D eigenvalue weighted by Crippen LogP contribution is -2.34. The topological polar surface area (TPSA) is 29.3 Å². The predicted molar refractivity (Wildman–Crippen MR) is 91.7 cm³/mol. The Morgan fingerprint density at radius 1 is 1.05 bits per heavy atom. The molecule has 0 bridgehead atoms. The van der Waals surface area contributed by atoms with Gasteiger partial charge in [-0.25, -0.2) is 0 Å². The highest BCUT2D eigenvalue weighted by molar-refractivity contribution is 6.31. The first-order valence-electron chi connectivity index (χ1n) is 7.16. The second-order valence-electron chi connectivity index (χ2n) is 6.27. The van der Waals surface area contributed by atoms with Crippen LogP contribution in [-0.4, -0.2) is 18.5 Å². The average molecular weight is 303 g/mol. The van der Waals surface area contributed by atoms with E-state index in [4.69, 9.17) is 17.3 Å². The smallest absolute Gasteiger partial charge is 0.0451 e. The maximum absolute atomic E-state index is 6.23. The van der Waals surface area contributed by atoms with Gasteiger partial charge < -0.3 is 10.6 Å². The van der Waals surface area contributed by atoms with E-state index in [1.807, 2.05) is 30.3 Å². The Hall–Kier alpha value is -1.51. The number of nitrogen functional groups attached to an aromatic ring is 1. The Kier molecular flexibility index (Phi) is 4.92. The first-order valence-corrected chi connectivity index (χ1v) is 7.54. The molecule has 0 radical (unpaired) electrons. The Balaban J connectivity index is 2.06. The Morgan fingerprint density at radius 2 is 1.67 bits per heavy atom. The van der Waals surface area contributed by atoms with Crippen LogP contribution in [0.2, 0.25) is 5.02 Å². The fourth-order valence-electron chi connectivity index (χ4n) is 2.67. The second kappa shape index (κ2) is 6.50. The molecule has 0 saturated heterocycles. The van der Waals surface area contributed by atoms with Crippen LogP contribution in [0.3, 0.4) is 0 Å². The molecule has 0 fully saturated rings. The highest BCUT2D eigenvalue weighted by Gasteiger charge is 2.22. The minimum atomic E-state index is 0.0592. The number of nitrogens with two attached hydrogens (primary N) is 1. The molecule has 0 aromatic heterocycles. The maximum Gasteiger partial charge on any atom is 0.0451 e. The summed E-state index contributed by atoms with van der Waals surface area (Å²) in [5, 5.41) is 0.828. The molecule has 0 atom stereocenters. The van der Waals surface area contributed by atoms with E-state index in [2.05, 4.69) is 44.0 Å². The van der Waals surface area contributed by atoms with Gasteiger partial charge in [-0.05, 0) is 36.4 Å². The van der Waals surface area contributed by atoms with E-state index >= 15 is 0 Å². The number of anilines is 1. The van der Waals surface area contributed by atoms with E-state index < -0.39 is 0 Å². The van der Waals surface area contributed by atoms with E-state index in [9.17, 15) is 0 Å². The fourth-order valence-corrected chi connectivity index (χ4v) is 2.87. The zero-order valence-corrected chi connectivity index (χ0v) is 13.7. The SMILES string of the molecule is CN(Cc1ccccc1Cl)CC(C)(C)c1ccc(N)cc1. The van der Waals surface area contributed by atoms with Crippen molar-refractivity contribution in [1.82, 2.24) is 4.90 Å². The fraction of sp³-hybridized carbons (Fsp3) is 0.333. The van der Waals surface area contributed by atoms with E-state index in [1.54, 1.807) is 0 Å². The van der Waals surface area contributed by atoms with Crippen molar-refractivity contribution in [1.29, 1.82) is 0 Å². The minimum absolute atomic E-state index is 0.0592. The molecule has 21 heavy (non-hydrogen) atoms. The van der Waals surface area contributed by atoms with Crippen molar-refractivity contribution in [3.63, 3.8) is 0 Å². The summed E-state index contributed by atoms with van der Waals surface area (Å²) >= 11 is 6.23. The first-order chi connectivity index (χ1) is 9.88. The zero-order valence-electron chi connectivity index (χ0n) is 12.9. The molecule has 2 rings (SSSR count). The summed E-state index contributed by atoms with van der Waals surface area (Å²) in [5.41, 5.74) is 9.08. The lowest BCUT2D eigenvalue weighted by atomic mass is 9.84. The minimum Gasteiger partial charge on any atom is -0.399 e. The van der Waals surface area contributed by atoms with Crippen LogP contribution in [0.4, 0.5) is 5.69 Å². The molecular formula is C18H23ClN2. The standard InChI is InChI=1S/C18H23ClN2/c1-18(2,15-8-10-16(20)11-9-15)13-21(3)12-14-6-4-5-7-17(14)19/h4-11H,12-13,20H2,1-3H3. The Bertz CT molecular complexity index is 590. The number of nitrogens with zero attached hydrogens (tertiary/aromatic N) is 1. The molecule has 2 N–H and O–H groups in total. The number of rotatable bonds is 5. The molecule has 2 nitrogen and oxygen atoms in total. The zero-order chi connectivity index (χ0) is 15.5. The van der Waals surface area contributed by atoms with Crippen LogP contribution in [0.15, 0.2) is 48.5 Å². The third-order valence-electron chi connectivity index (χ3n) is 3.76. The lowest BCUT2D eigenvalue weighted by Gasteiger charge is -2.31. The third-order valence-corrected chi connectivity index (χ3v) is 4.12. The van der Waals surface area contributed by atoms with Crippen molar-refractivity contribution in [3.8, 4) is 0 Å². The summed E-state index contributed by atoms with van der Waals surface area (Å²) < 4.78 is 0. The molecule has 2 aromatic carbocycles. The number of likely N-dealkylation sites (N-methyl/N-ethyl adjacent to an activating group) is 1. The maximum atomic E-state index is 6.23. The molecule has 0 aliphatic carbocycles. The van der Waals surface area contributed by atoms with E-state index in [1.165, 1.54) is 5.56 Å². The summed E-state index contributed by atoms with van der Waals surface area (Å²) in [6, 6.07) is 16.2. The highest BCUT2D eigenvalue weighted by atomic mass is 35.5. The molecular weight excluding hydrogens is 280 g/mol. The van der Waals surface area contributed by atoms with Gasteiger partial charge in [0.1, 0.15) is 0 Å². The normalized spacial score (nSPS) is 11.9. The average Bonchev–Trinajstić information content (AvgIpc) is 2.41. The number of benzene rings is 2. The van der Waals surface area contributed by atoms with E-state index in [0.717, 1.165) is 29.4 Å². The highest BCUT2D eigenvalue weighted by Crippen LogP contribution is 2.26. The number of hydrogen-bond donors (Lipinski definition) is 1. The summed E-state index contributed by atoms with van der Waals surface area (Å²) in [6.07, 6.45) is 0. The summed E-state index contributed by atoms with van der Waals surface area (Å²) in [6.45, 7) is 6.30. The summed E-state index contributed by atoms with van der Waals surface area (Å²) in [7, 11) is 2.13. The van der Waals surface area contributed by atoms with Crippen molar-refractivity contribution in [2.75, 3.05) is 19.3 Å². The van der Waals surface area contributed by atoms with Crippen molar-refractivity contribution in [2.45, 2.75) is 25.8 Å². The van der Waals surface area contributed by atoms with Gasteiger partial charge in [0.25, 0.3) is 0 Å². The molecule has 0 amide bonds. The van der Waals surface area contributed by atoms with Crippen molar-refractivity contribution in [3.05, 3.63) is 64.7 Å². The molecule has 0 heterocycles. The van der Waals surface area contributed by atoms with Gasteiger partial charge in [-0.15, -0.1) is 0 Å². The molecule has 0 unspecified atom stereocenters. The van der Waals surface area contributed by atoms with Crippen LogP contribution in [0, 0.1) is 0 Å². The van der Waals surface area contributed by atoms with E-state index in [0.29, 0.717) is 0 Å². The monoisotopic (exact) mass is 302 g/mol. The molecule has 2 aromatic rings. The van der Waals surface area contributed by atoms with Crippen LogP contribution >= 0.6 is 11.6 Å². The van der Waals surface area contributed by atoms with Gasteiger partial charge in [-0.1, -0.05) is 55.8 Å². The first kappa shape index (κ1) is 15.9.